The molecule has 0 saturated heterocycles. The van der Waals surface area contributed by atoms with E-state index in [4.69, 9.17) is 22.7 Å². The van der Waals surface area contributed by atoms with Crippen molar-refractivity contribution >= 4 is 23.0 Å². The monoisotopic (exact) mass is 239 g/mol. The fourth-order valence-corrected chi connectivity index (χ4v) is 1.45. The van der Waals surface area contributed by atoms with Crippen molar-refractivity contribution in [2.75, 3.05) is 32.2 Å². The number of aromatic nitrogens is 1. The van der Waals surface area contributed by atoms with Gasteiger partial charge in [0.25, 0.3) is 0 Å². The molecule has 0 unspecified atom stereocenters. The Balaban J connectivity index is 2.64. The van der Waals surface area contributed by atoms with E-state index in [9.17, 15) is 0 Å². The molecule has 0 aliphatic heterocycles. The molecule has 0 amide bonds. The Kier molecular flexibility index (Phi) is 5.14. The zero-order chi connectivity index (χ0) is 12.0. The first kappa shape index (κ1) is 12.9. The van der Waals surface area contributed by atoms with Crippen molar-refractivity contribution in [3.63, 3.8) is 0 Å². The summed E-state index contributed by atoms with van der Waals surface area (Å²) >= 11 is 4.89. The van der Waals surface area contributed by atoms with Crippen molar-refractivity contribution in [2.45, 2.75) is 6.42 Å². The lowest BCUT2D eigenvalue weighted by Gasteiger charge is -2.18. The van der Waals surface area contributed by atoms with Crippen molar-refractivity contribution in [1.29, 1.82) is 0 Å². The number of hydrogen-bond donors (Lipinski definition) is 1. The minimum atomic E-state index is 0.326. The van der Waals surface area contributed by atoms with Gasteiger partial charge in [-0.15, -0.1) is 0 Å². The molecule has 1 rings (SSSR count). The highest BCUT2D eigenvalue weighted by molar-refractivity contribution is 7.80. The van der Waals surface area contributed by atoms with E-state index in [1.807, 2.05) is 25.2 Å². The average Bonchev–Trinajstić information content (AvgIpc) is 2.29. The summed E-state index contributed by atoms with van der Waals surface area (Å²) in [5.74, 6) is 0.876. The minimum Gasteiger partial charge on any atom is -0.388 e. The van der Waals surface area contributed by atoms with Gasteiger partial charge in [0, 0.05) is 27.3 Å². The molecule has 0 radical (unpaired) electrons. The predicted octanol–water partition coefficient (Wildman–Crippen LogP) is 1.19. The summed E-state index contributed by atoms with van der Waals surface area (Å²) in [6.45, 7) is 1.64. The van der Waals surface area contributed by atoms with Gasteiger partial charge in [-0.05, 0) is 18.6 Å². The summed E-state index contributed by atoms with van der Waals surface area (Å²) in [5.41, 5.74) is 6.19. The van der Waals surface area contributed by atoms with E-state index in [0.717, 1.165) is 25.4 Å². The van der Waals surface area contributed by atoms with Gasteiger partial charge in [-0.25, -0.2) is 4.98 Å². The molecule has 0 atom stereocenters. The average molecular weight is 239 g/mol. The van der Waals surface area contributed by atoms with E-state index in [0.29, 0.717) is 10.7 Å². The number of nitrogens with two attached hydrogens (primary N) is 1. The lowest BCUT2D eigenvalue weighted by atomic mass is 10.3. The highest BCUT2D eigenvalue weighted by Crippen LogP contribution is 2.09. The first-order chi connectivity index (χ1) is 7.65. The van der Waals surface area contributed by atoms with Gasteiger partial charge in [0.1, 0.15) is 10.8 Å². The molecule has 2 N–H and O–H groups in total. The van der Waals surface area contributed by atoms with E-state index < -0.39 is 0 Å². The molecule has 0 spiro atoms. The van der Waals surface area contributed by atoms with Crippen LogP contribution < -0.4 is 10.6 Å². The van der Waals surface area contributed by atoms with Gasteiger partial charge < -0.3 is 15.4 Å². The molecule has 1 aromatic heterocycles. The van der Waals surface area contributed by atoms with Crippen LogP contribution >= 0.6 is 12.2 Å². The van der Waals surface area contributed by atoms with E-state index in [-0.39, 0.29) is 0 Å². The van der Waals surface area contributed by atoms with Gasteiger partial charge in [-0.3, -0.25) is 0 Å². The Morgan fingerprint density at radius 3 is 2.94 bits per heavy atom. The van der Waals surface area contributed by atoms with Crippen molar-refractivity contribution in [3.8, 4) is 0 Å². The van der Waals surface area contributed by atoms with Crippen LogP contribution in [0.4, 0.5) is 5.82 Å². The third-order valence-electron chi connectivity index (χ3n) is 2.22. The predicted molar refractivity (Wildman–Crippen MR) is 69.9 cm³/mol. The molecule has 1 aromatic rings. The molecule has 0 aromatic carbocycles. The number of hydrogen-bond acceptors (Lipinski definition) is 4. The Bertz CT molecular complexity index is 357. The third-order valence-corrected chi connectivity index (χ3v) is 2.43. The van der Waals surface area contributed by atoms with Gasteiger partial charge in [-0.2, -0.15) is 0 Å². The van der Waals surface area contributed by atoms with Gasteiger partial charge in [-0.1, -0.05) is 18.3 Å². The van der Waals surface area contributed by atoms with Crippen LogP contribution in [-0.2, 0) is 4.74 Å². The topological polar surface area (TPSA) is 51.4 Å². The fourth-order valence-electron chi connectivity index (χ4n) is 1.33. The van der Waals surface area contributed by atoms with E-state index in [1.165, 1.54) is 0 Å². The van der Waals surface area contributed by atoms with Crippen molar-refractivity contribution in [3.05, 3.63) is 23.9 Å². The van der Waals surface area contributed by atoms with Gasteiger partial charge in [0.05, 0.1) is 5.69 Å². The highest BCUT2D eigenvalue weighted by atomic mass is 32.1. The van der Waals surface area contributed by atoms with Crippen LogP contribution in [0.3, 0.4) is 0 Å². The Morgan fingerprint density at radius 2 is 2.31 bits per heavy atom. The van der Waals surface area contributed by atoms with E-state index >= 15 is 0 Å². The summed E-state index contributed by atoms with van der Waals surface area (Å²) < 4.78 is 5.00. The number of thiocarbonyl (C=S) groups is 1. The summed E-state index contributed by atoms with van der Waals surface area (Å²) in [6.07, 6.45) is 0.964. The maximum atomic E-state index is 5.53. The second-order valence-corrected chi connectivity index (χ2v) is 3.95. The normalized spacial score (nSPS) is 10.1. The molecule has 4 nitrogen and oxygen atoms in total. The third kappa shape index (κ3) is 3.75. The minimum absolute atomic E-state index is 0.326. The SMILES string of the molecule is COCCCN(C)c1cccc(C(N)=S)n1. The standard InChI is InChI=1S/C11H17N3OS/c1-14(7-4-8-15-2)10-6-3-5-9(13-10)11(12)16/h3,5-6H,4,7-8H2,1-2H3,(H2,12,16). The van der Waals surface area contributed by atoms with Gasteiger partial charge in [0.15, 0.2) is 0 Å². The van der Waals surface area contributed by atoms with Crippen LogP contribution in [0.5, 0.6) is 0 Å². The number of ether oxygens (including phenoxy) is 1. The highest BCUT2D eigenvalue weighted by Gasteiger charge is 2.04. The molecule has 5 heteroatoms. The van der Waals surface area contributed by atoms with Crippen LogP contribution in [0.15, 0.2) is 18.2 Å². The molecule has 0 fully saturated rings. The van der Waals surface area contributed by atoms with E-state index in [2.05, 4.69) is 9.88 Å². The molecular weight excluding hydrogens is 222 g/mol. The van der Waals surface area contributed by atoms with Crippen LogP contribution in [0.2, 0.25) is 0 Å². The summed E-state index contributed by atoms with van der Waals surface area (Å²) in [6, 6.07) is 5.66. The maximum Gasteiger partial charge on any atom is 0.129 e. The Labute approximate surface area is 101 Å². The zero-order valence-electron chi connectivity index (χ0n) is 9.64. The van der Waals surface area contributed by atoms with Crippen molar-refractivity contribution in [2.24, 2.45) is 5.73 Å². The van der Waals surface area contributed by atoms with Crippen LogP contribution in [0.25, 0.3) is 0 Å². The molecule has 0 aliphatic rings. The number of anilines is 1. The summed E-state index contributed by atoms with van der Waals surface area (Å²) in [7, 11) is 3.69. The van der Waals surface area contributed by atoms with Crippen LogP contribution in [0.1, 0.15) is 12.1 Å². The van der Waals surface area contributed by atoms with Crippen molar-refractivity contribution < 1.29 is 4.74 Å². The quantitative estimate of drug-likeness (QED) is 0.597. The molecule has 0 bridgehead atoms. The summed E-state index contributed by atoms with van der Waals surface area (Å²) in [5, 5.41) is 0. The smallest absolute Gasteiger partial charge is 0.129 e. The van der Waals surface area contributed by atoms with Gasteiger partial charge in [0.2, 0.25) is 0 Å². The lowest BCUT2D eigenvalue weighted by molar-refractivity contribution is 0.196. The summed E-state index contributed by atoms with van der Waals surface area (Å²) in [4.78, 5) is 6.75. The number of nitrogens with zero attached hydrogens (tertiary/aromatic N) is 2. The molecule has 0 saturated carbocycles. The number of rotatable bonds is 6. The number of pyridine rings is 1. The Hall–Kier alpha value is -1.20. The largest absolute Gasteiger partial charge is 0.388 e. The van der Waals surface area contributed by atoms with Crippen LogP contribution in [0, 0.1) is 0 Å². The second-order valence-electron chi connectivity index (χ2n) is 3.51. The first-order valence-electron chi connectivity index (χ1n) is 5.12. The molecule has 1 heterocycles. The number of methoxy groups -OCH3 is 1. The molecule has 16 heavy (non-hydrogen) atoms. The molecule has 0 aliphatic carbocycles. The second kappa shape index (κ2) is 6.40. The zero-order valence-corrected chi connectivity index (χ0v) is 10.5. The van der Waals surface area contributed by atoms with Gasteiger partial charge >= 0.3 is 0 Å². The lowest BCUT2D eigenvalue weighted by Crippen LogP contribution is -2.22. The first-order valence-corrected chi connectivity index (χ1v) is 5.53. The maximum absolute atomic E-state index is 5.53. The van der Waals surface area contributed by atoms with Crippen LogP contribution in [-0.4, -0.2) is 37.3 Å². The molecular formula is C11H17N3OS. The fraction of sp³-hybridized carbons (Fsp3) is 0.455. The Morgan fingerprint density at radius 1 is 1.56 bits per heavy atom. The van der Waals surface area contributed by atoms with E-state index in [1.54, 1.807) is 7.11 Å². The molecule has 88 valence electrons. The van der Waals surface area contributed by atoms with Crippen molar-refractivity contribution in [1.82, 2.24) is 4.98 Å².